The van der Waals surface area contributed by atoms with Crippen LogP contribution in [0.1, 0.15) is 16.8 Å². The Morgan fingerprint density at radius 1 is 0.700 bits per heavy atom. The van der Waals surface area contributed by atoms with Crippen molar-refractivity contribution in [1.82, 2.24) is 4.98 Å². The first-order chi connectivity index (χ1) is 14.8. The lowest BCUT2D eigenvalue weighted by Crippen LogP contribution is -2.29. The molecule has 3 aromatic carbocycles. The van der Waals surface area contributed by atoms with E-state index in [1.54, 1.807) is 18.5 Å². The molecule has 0 aliphatic carbocycles. The maximum Gasteiger partial charge on any atom is 0.168 e. The number of ketones is 1. The summed E-state index contributed by atoms with van der Waals surface area (Å²) in [5.74, 6) is 2.35. The van der Waals surface area contributed by atoms with E-state index in [4.69, 9.17) is 0 Å². The number of allylic oxidation sites excluding steroid dienone is 1. The van der Waals surface area contributed by atoms with E-state index in [0.717, 1.165) is 0 Å². The number of benzene rings is 3. The summed E-state index contributed by atoms with van der Waals surface area (Å²) < 4.78 is 0. The molecule has 0 amide bonds. The summed E-state index contributed by atoms with van der Waals surface area (Å²) in [6.45, 7) is 0. The van der Waals surface area contributed by atoms with Crippen LogP contribution in [0.3, 0.4) is 0 Å². The Bertz CT molecular complexity index is 1010. The zero-order chi connectivity index (χ0) is 20.7. The molecule has 0 aliphatic heterocycles. The molecule has 146 valence electrons. The van der Waals surface area contributed by atoms with E-state index in [-0.39, 0.29) is 5.78 Å². The van der Waals surface area contributed by atoms with Crippen LogP contribution in [-0.2, 0) is 0 Å². The molecule has 0 saturated heterocycles. The molecule has 3 heteroatoms. The van der Waals surface area contributed by atoms with Crippen LogP contribution in [0.2, 0.25) is 0 Å². The zero-order valence-corrected chi connectivity index (χ0v) is 17.5. The lowest BCUT2D eigenvalue weighted by Gasteiger charge is -2.24. The largest absolute Gasteiger partial charge is 0.294 e. The summed E-state index contributed by atoms with van der Waals surface area (Å²) >= 11 is 0. The van der Waals surface area contributed by atoms with Gasteiger partial charge in [-0.1, -0.05) is 54.6 Å². The molecular formula is C27H23NOP+. The Hall–Kier alpha value is -3.35. The third-order valence-electron chi connectivity index (χ3n) is 5.11. The maximum absolute atomic E-state index is 12.7. The Labute approximate surface area is 178 Å². The number of nitrogens with zero attached hydrogens (tertiary/aromatic N) is 1. The Kier molecular flexibility index (Phi) is 6.27. The number of pyridine rings is 1. The maximum atomic E-state index is 12.7. The summed E-state index contributed by atoms with van der Waals surface area (Å²) in [6, 6.07) is 35.5. The van der Waals surface area contributed by atoms with Crippen LogP contribution in [-0.4, -0.2) is 10.8 Å². The Morgan fingerprint density at radius 3 is 1.63 bits per heavy atom. The van der Waals surface area contributed by atoms with Gasteiger partial charge in [0.25, 0.3) is 0 Å². The molecule has 0 N–H and O–H groups in total. The molecule has 0 bridgehead atoms. The van der Waals surface area contributed by atoms with Crippen molar-refractivity contribution in [2.45, 2.75) is 6.42 Å². The Balaban J connectivity index is 1.82. The molecule has 0 unspecified atom stereocenters. The minimum absolute atomic E-state index is 0.0756. The lowest BCUT2D eigenvalue weighted by molar-refractivity contribution is 0.0995. The van der Waals surface area contributed by atoms with Crippen molar-refractivity contribution in [3.63, 3.8) is 0 Å². The van der Waals surface area contributed by atoms with Crippen molar-refractivity contribution in [3.8, 4) is 0 Å². The quantitative estimate of drug-likeness (QED) is 0.312. The summed E-state index contributed by atoms with van der Waals surface area (Å²) in [6.07, 6.45) is 5.70. The molecule has 0 atom stereocenters. The van der Waals surface area contributed by atoms with Gasteiger partial charge in [0.15, 0.2) is 5.78 Å². The molecule has 30 heavy (non-hydrogen) atoms. The summed E-state index contributed by atoms with van der Waals surface area (Å²) in [4.78, 5) is 16.7. The third-order valence-corrected chi connectivity index (χ3v) is 9.10. The van der Waals surface area contributed by atoms with Gasteiger partial charge < -0.3 is 0 Å². The van der Waals surface area contributed by atoms with Crippen LogP contribution < -0.4 is 15.9 Å². The third kappa shape index (κ3) is 4.15. The first-order valence-electron chi connectivity index (χ1n) is 9.97. The van der Waals surface area contributed by atoms with Gasteiger partial charge in [-0.25, -0.2) is 0 Å². The predicted octanol–water partition coefficient (Wildman–Crippen LogP) is 5.16. The number of carbonyl (C=O) groups is 1. The van der Waals surface area contributed by atoms with Gasteiger partial charge in [0.2, 0.25) is 0 Å². The second kappa shape index (κ2) is 9.43. The highest BCUT2D eigenvalue weighted by atomic mass is 31.2. The predicted molar refractivity (Wildman–Crippen MR) is 127 cm³/mol. The molecule has 4 aromatic rings. The van der Waals surface area contributed by atoms with E-state index in [1.165, 1.54) is 15.9 Å². The molecule has 4 rings (SSSR count). The first-order valence-corrected chi connectivity index (χ1v) is 11.8. The highest BCUT2D eigenvalue weighted by Gasteiger charge is 2.43. The number of hydrogen-bond donors (Lipinski definition) is 0. The monoisotopic (exact) mass is 408 g/mol. The number of rotatable bonds is 7. The van der Waals surface area contributed by atoms with Gasteiger partial charge in [-0.15, -0.1) is 0 Å². The minimum atomic E-state index is -2.05. The van der Waals surface area contributed by atoms with Crippen LogP contribution in [0.5, 0.6) is 0 Å². The molecule has 0 saturated carbocycles. The van der Waals surface area contributed by atoms with Gasteiger partial charge in [0, 0.05) is 24.4 Å². The highest BCUT2D eigenvalue weighted by Crippen LogP contribution is 2.56. The van der Waals surface area contributed by atoms with E-state index in [1.807, 2.05) is 30.3 Å². The van der Waals surface area contributed by atoms with Crippen LogP contribution >= 0.6 is 7.26 Å². The smallest absolute Gasteiger partial charge is 0.168 e. The van der Waals surface area contributed by atoms with Crippen LogP contribution in [0.4, 0.5) is 0 Å². The number of aromatic nitrogens is 1. The average molecular weight is 408 g/mol. The molecule has 0 aliphatic rings. The fraction of sp³-hybridized carbons (Fsp3) is 0.0370. The van der Waals surface area contributed by atoms with Crippen LogP contribution in [0.15, 0.2) is 127 Å². The SMILES string of the molecule is O=C(CC=C[P+](c1ccccc1)(c1ccccc1)c1ccccc1)c1cccnc1. The molecule has 0 spiro atoms. The number of carbonyl (C=O) groups excluding carboxylic acids is 1. The average Bonchev–Trinajstić information content (AvgIpc) is 2.84. The lowest BCUT2D eigenvalue weighted by atomic mass is 10.1. The molecule has 1 heterocycles. The summed E-state index contributed by atoms with van der Waals surface area (Å²) in [7, 11) is -2.05. The fourth-order valence-electron chi connectivity index (χ4n) is 3.66. The molecular weight excluding hydrogens is 385 g/mol. The molecule has 2 nitrogen and oxygen atoms in total. The van der Waals surface area contributed by atoms with E-state index >= 15 is 0 Å². The minimum Gasteiger partial charge on any atom is -0.294 e. The van der Waals surface area contributed by atoms with Gasteiger partial charge >= 0.3 is 0 Å². The van der Waals surface area contributed by atoms with Crippen molar-refractivity contribution < 1.29 is 4.79 Å². The highest BCUT2D eigenvalue weighted by molar-refractivity contribution is 7.98. The van der Waals surface area contributed by atoms with Crippen molar-refractivity contribution >= 4 is 29.0 Å². The molecule has 0 radical (unpaired) electrons. The van der Waals surface area contributed by atoms with Gasteiger partial charge in [0.1, 0.15) is 23.2 Å². The first kappa shape index (κ1) is 19.9. The zero-order valence-electron chi connectivity index (χ0n) is 16.6. The summed E-state index contributed by atoms with van der Waals surface area (Å²) in [5.41, 5.74) is 0.644. The summed E-state index contributed by atoms with van der Waals surface area (Å²) in [5, 5.41) is 3.81. The van der Waals surface area contributed by atoms with Gasteiger partial charge in [-0.3, -0.25) is 9.78 Å². The Morgan fingerprint density at radius 2 is 1.20 bits per heavy atom. The van der Waals surface area contributed by atoms with Gasteiger partial charge in [0.05, 0.1) is 5.82 Å². The van der Waals surface area contributed by atoms with Crippen LogP contribution in [0.25, 0.3) is 0 Å². The fourth-order valence-corrected chi connectivity index (χ4v) is 7.42. The van der Waals surface area contributed by atoms with Gasteiger partial charge in [-0.2, -0.15) is 0 Å². The van der Waals surface area contributed by atoms with E-state index < -0.39 is 7.26 Å². The molecule has 0 fully saturated rings. The number of Topliss-reactive ketones (excluding diaryl/α,β-unsaturated/α-hetero) is 1. The van der Waals surface area contributed by atoms with E-state index in [2.05, 4.69) is 83.6 Å². The van der Waals surface area contributed by atoms with Crippen molar-refractivity contribution in [2.24, 2.45) is 0 Å². The normalized spacial score (nSPS) is 11.5. The standard InChI is InChI=1S/C27H23NOP/c29-27(23-12-10-20-28-22-23)19-11-21-30(24-13-4-1-5-14-24,25-15-6-2-7-16-25)26-17-8-3-9-18-26/h1-18,20-22H,19H2/q+1. The number of hydrogen-bond acceptors (Lipinski definition) is 2. The van der Waals surface area contributed by atoms with E-state index in [9.17, 15) is 4.79 Å². The second-order valence-electron chi connectivity index (χ2n) is 6.98. The second-order valence-corrected chi connectivity index (χ2v) is 10.3. The van der Waals surface area contributed by atoms with Crippen LogP contribution in [0, 0.1) is 0 Å². The molecule has 1 aromatic heterocycles. The topological polar surface area (TPSA) is 30.0 Å². The van der Waals surface area contributed by atoms with Gasteiger partial charge in [-0.05, 0) is 54.6 Å². The van der Waals surface area contributed by atoms with E-state index in [0.29, 0.717) is 12.0 Å². The van der Waals surface area contributed by atoms with Crippen molar-refractivity contribution in [1.29, 1.82) is 0 Å². The van der Waals surface area contributed by atoms with Crippen molar-refractivity contribution in [3.05, 3.63) is 133 Å². The van der Waals surface area contributed by atoms with Crippen molar-refractivity contribution in [2.75, 3.05) is 0 Å².